The molecule has 0 amide bonds. The van der Waals surface area contributed by atoms with Gasteiger partial charge in [-0.05, 0) is 35.4 Å². The quantitative estimate of drug-likeness (QED) is 0.831. The minimum absolute atomic E-state index is 0.265. The molecule has 2 rings (SSSR count). The molecule has 0 fully saturated rings. The van der Waals surface area contributed by atoms with E-state index in [2.05, 4.69) is 31.9 Å². The minimum Gasteiger partial charge on any atom is -0.388 e. The van der Waals surface area contributed by atoms with Gasteiger partial charge in [0.1, 0.15) is 5.82 Å². The third-order valence-corrected chi connectivity index (χ3v) is 3.71. The molecule has 94 valence electrons. The number of benzene rings is 2. The van der Waals surface area contributed by atoms with E-state index in [1.807, 2.05) is 24.3 Å². The molecular weight excluding hydrogens is 363 g/mol. The Morgan fingerprint density at radius 1 is 1.00 bits per heavy atom. The van der Waals surface area contributed by atoms with Crippen LogP contribution in [0.5, 0.6) is 0 Å². The third kappa shape index (κ3) is 3.40. The third-order valence-electron chi connectivity index (χ3n) is 2.68. The van der Waals surface area contributed by atoms with E-state index in [0.29, 0.717) is 10.0 Å². The van der Waals surface area contributed by atoms with Gasteiger partial charge in [0, 0.05) is 15.4 Å². The number of hydrogen-bond donors (Lipinski definition) is 1. The van der Waals surface area contributed by atoms with Gasteiger partial charge in [-0.15, -0.1) is 0 Å². The summed E-state index contributed by atoms with van der Waals surface area (Å²) in [5.41, 5.74) is 1.29. The lowest BCUT2D eigenvalue weighted by Gasteiger charge is -2.12. The average molecular weight is 374 g/mol. The predicted octanol–water partition coefficient (Wildman–Crippen LogP) is 4.63. The van der Waals surface area contributed by atoms with Crippen LogP contribution in [0.2, 0.25) is 0 Å². The van der Waals surface area contributed by atoms with Crippen LogP contribution in [0.25, 0.3) is 0 Å². The molecule has 1 atom stereocenters. The second-order valence-electron chi connectivity index (χ2n) is 4.01. The molecule has 0 spiro atoms. The first-order chi connectivity index (χ1) is 8.56. The number of hydrogen-bond acceptors (Lipinski definition) is 1. The van der Waals surface area contributed by atoms with Crippen molar-refractivity contribution in [1.82, 2.24) is 0 Å². The van der Waals surface area contributed by atoms with Crippen molar-refractivity contribution in [2.45, 2.75) is 12.5 Å². The van der Waals surface area contributed by atoms with Crippen LogP contribution in [-0.2, 0) is 6.42 Å². The van der Waals surface area contributed by atoms with E-state index in [-0.39, 0.29) is 12.2 Å². The van der Waals surface area contributed by atoms with E-state index in [9.17, 15) is 9.50 Å². The van der Waals surface area contributed by atoms with Gasteiger partial charge in [-0.3, -0.25) is 0 Å². The first-order valence-electron chi connectivity index (χ1n) is 5.44. The molecule has 1 N–H and O–H groups in total. The highest BCUT2D eigenvalue weighted by Gasteiger charge is 2.11. The Labute approximate surface area is 122 Å². The molecule has 0 saturated carbocycles. The lowest BCUT2D eigenvalue weighted by atomic mass is 10.0. The van der Waals surface area contributed by atoms with Crippen molar-refractivity contribution in [3.05, 3.63) is 68.4 Å². The largest absolute Gasteiger partial charge is 0.388 e. The molecule has 0 aromatic heterocycles. The highest BCUT2D eigenvalue weighted by molar-refractivity contribution is 9.10. The highest BCUT2D eigenvalue weighted by Crippen LogP contribution is 2.23. The lowest BCUT2D eigenvalue weighted by molar-refractivity contribution is 0.177. The monoisotopic (exact) mass is 372 g/mol. The SMILES string of the molecule is OC(Cc1ccc(Br)cc1F)c1ccc(Br)cc1. The maximum atomic E-state index is 13.6. The Kier molecular flexibility index (Phi) is 4.54. The summed E-state index contributed by atoms with van der Waals surface area (Å²) in [7, 11) is 0. The van der Waals surface area contributed by atoms with Crippen LogP contribution in [0.3, 0.4) is 0 Å². The molecule has 0 aliphatic heterocycles. The van der Waals surface area contributed by atoms with Crippen molar-refractivity contribution >= 4 is 31.9 Å². The van der Waals surface area contributed by atoms with Crippen molar-refractivity contribution in [2.24, 2.45) is 0 Å². The molecule has 18 heavy (non-hydrogen) atoms. The predicted molar refractivity (Wildman–Crippen MR) is 76.9 cm³/mol. The molecule has 0 aliphatic rings. The number of rotatable bonds is 3. The zero-order valence-electron chi connectivity index (χ0n) is 9.41. The van der Waals surface area contributed by atoms with Crippen molar-refractivity contribution in [3.8, 4) is 0 Å². The van der Waals surface area contributed by atoms with Crippen molar-refractivity contribution in [2.75, 3.05) is 0 Å². The molecule has 2 aromatic carbocycles. The van der Waals surface area contributed by atoms with Gasteiger partial charge in [0.25, 0.3) is 0 Å². The summed E-state index contributed by atoms with van der Waals surface area (Å²) in [5, 5.41) is 10.1. The van der Waals surface area contributed by atoms with Gasteiger partial charge in [0.05, 0.1) is 6.10 Å². The molecule has 2 aromatic rings. The second kappa shape index (κ2) is 5.95. The molecule has 0 bridgehead atoms. The van der Waals surface area contributed by atoms with Crippen LogP contribution < -0.4 is 0 Å². The Bertz CT molecular complexity index is 540. The average Bonchev–Trinajstić information content (AvgIpc) is 2.33. The molecular formula is C14H11Br2FO. The van der Waals surface area contributed by atoms with Crippen LogP contribution in [-0.4, -0.2) is 5.11 Å². The zero-order chi connectivity index (χ0) is 13.1. The van der Waals surface area contributed by atoms with Crippen molar-refractivity contribution < 1.29 is 9.50 Å². The Hall–Kier alpha value is -0.710. The normalized spacial score (nSPS) is 12.4. The van der Waals surface area contributed by atoms with Crippen molar-refractivity contribution in [3.63, 3.8) is 0 Å². The van der Waals surface area contributed by atoms with E-state index in [4.69, 9.17) is 0 Å². The second-order valence-corrected chi connectivity index (χ2v) is 5.84. The Morgan fingerprint density at radius 3 is 2.22 bits per heavy atom. The number of halogens is 3. The first kappa shape index (κ1) is 13.7. The van der Waals surface area contributed by atoms with E-state index < -0.39 is 6.10 Å². The summed E-state index contributed by atoms with van der Waals surface area (Å²) in [4.78, 5) is 0. The summed E-state index contributed by atoms with van der Waals surface area (Å²) in [5.74, 6) is -0.305. The van der Waals surface area contributed by atoms with Crippen LogP contribution in [0.15, 0.2) is 51.4 Å². The molecule has 0 heterocycles. The maximum absolute atomic E-state index is 13.6. The molecule has 0 aliphatic carbocycles. The van der Waals surface area contributed by atoms with E-state index >= 15 is 0 Å². The van der Waals surface area contributed by atoms with Crippen LogP contribution >= 0.6 is 31.9 Å². The van der Waals surface area contributed by atoms with Gasteiger partial charge >= 0.3 is 0 Å². The number of aliphatic hydroxyl groups excluding tert-OH is 1. The highest BCUT2D eigenvalue weighted by atomic mass is 79.9. The van der Waals surface area contributed by atoms with Gasteiger partial charge in [-0.2, -0.15) is 0 Å². The van der Waals surface area contributed by atoms with Gasteiger partial charge in [0.15, 0.2) is 0 Å². The fraction of sp³-hybridized carbons (Fsp3) is 0.143. The maximum Gasteiger partial charge on any atom is 0.127 e. The van der Waals surface area contributed by atoms with Gasteiger partial charge in [-0.1, -0.05) is 50.1 Å². The zero-order valence-corrected chi connectivity index (χ0v) is 12.6. The smallest absolute Gasteiger partial charge is 0.127 e. The summed E-state index contributed by atoms with van der Waals surface area (Å²) >= 11 is 6.54. The fourth-order valence-electron chi connectivity index (χ4n) is 1.70. The Balaban J connectivity index is 2.15. The van der Waals surface area contributed by atoms with E-state index in [1.54, 1.807) is 12.1 Å². The Morgan fingerprint density at radius 2 is 1.61 bits per heavy atom. The van der Waals surface area contributed by atoms with Crippen LogP contribution in [0.4, 0.5) is 4.39 Å². The molecule has 4 heteroatoms. The topological polar surface area (TPSA) is 20.2 Å². The summed E-state index contributed by atoms with van der Waals surface area (Å²) in [6, 6.07) is 12.2. The summed E-state index contributed by atoms with van der Waals surface area (Å²) in [6.07, 6.45) is -0.436. The van der Waals surface area contributed by atoms with Gasteiger partial charge < -0.3 is 5.11 Å². The fourth-order valence-corrected chi connectivity index (χ4v) is 2.30. The summed E-state index contributed by atoms with van der Waals surface area (Å²) in [6.45, 7) is 0. The van der Waals surface area contributed by atoms with Crippen molar-refractivity contribution in [1.29, 1.82) is 0 Å². The van der Waals surface area contributed by atoms with E-state index in [1.165, 1.54) is 6.07 Å². The minimum atomic E-state index is -0.700. The van der Waals surface area contributed by atoms with E-state index in [0.717, 1.165) is 10.0 Å². The standard InChI is InChI=1S/C14H11Br2FO/c15-11-4-1-9(2-5-11)14(18)7-10-3-6-12(16)8-13(10)17/h1-6,8,14,18H,7H2. The molecule has 1 nitrogen and oxygen atoms in total. The lowest BCUT2D eigenvalue weighted by Crippen LogP contribution is -2.03. The van der Waals surface area contributed by atoms with Crippen LogP contribution in [0, 0.1) is 5.82 Å². The molecule has 0 saturated heterocycles. The van der Waals surface area contributed by atoms with Gasteiger partial charge in [-0.25, -0.2) is 4.39 Å². The van der Waals surface area contributed by atoms with Gasteiger partial charge in [0.2, 0.25) is 0 Å². The summed E-state index contributed by atoms with van der Waals surface area (Å²) < 4.78 is 15.3. The molecule has 0 radical (unpaired) electrons. The molecule has 1 unspecified atom stereocenters. The first-order valence-corrected chi connectivity index (χ1v) is 7.02. The number of aliphatic hydroxyl groups is 1. The van der Waals surface area contributed by atoms with Crippen LogP contribution in [0.1, 0.15) is 17.2 Å².